The Bertz CT molecular complexity index is 542. The molecule has 0 unspecified atom stereocenters. The lowest BCUT2D eigenvalue weighted by molar-refractivity contribution is -0.121. The average molecular weight is 305 g/mol. The second-order valence-corrected chi connectivity index (χ2v) is 6.25. The summed E-state index contributed by atoms with van der Waals surface area (Å²) in [5, 5.41) is 5.90. The molecule has 1 aromatic rings. The molecule has 0 radical (unpaired) electrons. The van der Waals surface area contributed by atoms with Gasteiger partial charge >= 0.3 is 0 Å². The van der Waals surface area contributed by atoms with Gasteiger partial charge in [-0.25, -0.2) is 0 Å². The zero-order valence-electron chi connectivity index (χ0n) is 13.9. The first kappa shape index (κ1) is 16.6. The molecule has 1 aliphatic carbocycles. The van der Waals surface area contributed by atoms with Gasteiger partial charge in [0.05, 0.1) is 5.56 Å². The summed E-state index contributed by atoms with van der Waals surface area (Å²) >= 11 is 0. The van der Waals surface area contributed by atoms with E-state index in [1.807, 2.05) is 31.5 Å². The van der Waals surface area contributed by atoms with Crippen LogP contribution in [0, 0.1) is 13.8 Å². The third-order valence-electron chi connectivity index (χ3n) is 4.63. The standard InChI is InChI=1S/C17H27N3O2/c1-12-11-15(13(2)20(12)3)17(22)18-10-9-16(21)19-14-7-5-4-6-8-14/h11,14H,4-10H2,1-3H3,(H,18,22)(H,19,21). The van der Waals surface area contributed by atoms with Gasteiger partial charge in [0.25, 0.3) is 5.91 Å². The van der Waals surface area contributed by atoms with Gasteiger partial charge < -0.3 is 15.2 Å². The molecule has 1 heterocycles. The van der Waals surface area contributed by atoms with E-state index in [4.69, 9.17) is 0 Å². The lowest BCUT2D eigenvalue weighted by Crippen LogP contribution is -2.38. The summed E-state index contributed by atoms with van der Waals surface area (Å²) < 4.78 is 1.99. The van der Waals surface area contributed by atoms with Crippen LogP contribution in [0.25, 0.3) is 0 Å². The lowest BCUT2D eigenvalue weighted by Gasteiger charge is -2.22. The third kappa shape index (κ3) is 4.12. The fourth-order valence-corrected chi connectivity index (χ4v) is 3.02. The van der Waals surface area contributed by atoms with E-state index in [9.17, 15) is 9.59 Å². The van der Waals surface area contributed by atoms with Crippen molar-refractivity contribution in [3.63, 3.8) is 0 Å². The van der Waals surface area contributed by atoms with Gasteiger partial charge in [0.1, 0.15) is 0 Å². The predicted molar refractivity (Wildman–Crippen MR) is 86.9 cm³/mol. The van der Waals surface area contributed by atoms with Crippen molar-refractivity contribution in [3.05, 3.63) is 23.0 Å². The molecule has 0 atom stereocenters. The molecule has 2 amide bonds. The normalized spacial score (nSPS) is 15.6. The van der Waals surface area contributed by atoms with E-state index in [1.54, 1.807) is 0 Å². The minimum absolute atomic E-state index is 0.0353. The number of carbonyl (C=O) groups is 2. The van der Waals surface area contributed by atoms with E-state index >= 15 is 0 Å². The first-order valence-electron chi connectivity index (χ1n) is 8.19. The molecule has 122 valence electrons. The minimum atomic E-state index is -0.105. The summed E-state index contributed by atoms with van der Waals surface area (Å²) in [6, 6.07) is 2.21. The molecule has 0 saturated heterocycles. The van der Waals surface area contributed by atoms with Crippen LogP contribution in [0.3, 0.4) is 0 Å². The molecule has 0 aliphatic heterocycles. The van der Waals surface area contributed by atoms with Gasteiger partial charge in [-0.15, -0.1) is 0 Å². The predicted octanol–water partition coefficient (Wildman–Crippen LogP) is 2.21. The largest absolute Gasteiger partial charge is 0.353 e. The van der Waals surface area contributed by atoms with Crippen molar-refractivity contribution in [3.8, 4) is 0 Å². The van der Waals surface area contributed by atoms with Crippen LogP contribution in [-0.4, -0.2) is 29.0 Å². The van der Waals surface area contributed by atoms with Gasteiger partial charge in [0.2, 0.25) is 5.91 Å². The molecule has 2 rings (SSSR count). The van der Waals surface area contributed by atoms with Crippen molar-refractivity contribution in [2.45, 2.75) is 58.4 Å². The quantitative estimate of drug-likeness (QED) is 0.876. The smallest absolute Gasteiger partial charge is 0.253 e. The van der Waals surface area contributed by atoms with Crippen molar-refractivity contribution < 1.29 is 9.59 Å². The topological polar surface area (TPSA) is 63.1 Å². The Kier molecular flexibility index (Phi) is 5.63. The van der Waals surface area contributed by atoms with Gasteiger partial charge in [0.15, 0.2) is 0 Å². The van der Waals surface area contributed by atoms with Crippen LogP contribution >= 0.6 is 0 Å². The second kappa shape index (κ2) is 7.47. The Balaban J connectivity index is 1.74. The van der Waals surface area contributed by atoms with E-state index in [0.29, 0.717) is 24.6 Å². The molecule has 1 aliphatic rings. The molecule has 0 spiro atoms. The summed E-state index contributed by atoms with van der Waals surface area (Å²) in [5.41, 5.74) is 2.69. The molecule has 1 aromatic heterocycles. The number of aromatic nitrogens is 1. The monoisotopic (exact) mass is 305 g/mol. The SMILES string of the molecule is Cc1cc(C(=O)NCCC(=O)NC2CCCCC2)c(C)n1C. The van der Waals surface area contributed by atoms with Crippen LogP contribution < -0.4 is 10.6 Å². The molecule has 5 heteroatoms. The highest BCUT2D eigenvalue weighted by atomic mass is 16.2. The zero-order chi connectivity index (χ0) is 16.1. The summed E-state index contributed by atoms with van der Waals surface area (Å²) in [7, 11) is 1.94. The Labute approximate surface area is 132 Å². The summed E-state index contributed by atoms with van der Waals surface area (Å²) in [5.74, 6) is -0.0696. The van der Waals surface area contributed by atoms with Crippen molar-refractivity contribution in [2.24, 2.45) is 7.05 Å². The Hall–Kier alpha value is -1.78. The number of rotatable bonds is 5. The third-order valence-corrected chi connectivity index (χ3v) is 4.63. The molecular weight excluding hydrogens is 278 g/mol. The fourth-order valence-electron chi connectivity index (χ4n) is 3.02. The maximum Gasteiger partial charge on any atom is 0.253 e. The van der Waals surface area contributed by atoms with Crippen molar-refractivity contribution in [1.82, 2.24) is 15.2 Å². The van der Waals surface area contributed by atoms with Crippen LogP contribution in [0.1, 0.15) is 60.3 Å². The lowest BCUT2D eigenvalue weighted by atomic mass is 9.95. The average Bonchev–Trinajstić information content (AvgIpc) is 2.76. The van der Waals surface area contributed by atoms with Crippen molar-refractivity contribution >= 4 is 11.8 Å². The molecule has 0 bridgehead atoms. The molecule has 1 saturated carbocycles. The van der Waals surface area contributed by atoms with Gasteiger partial charge in [0, 0.05) is 37.4 Å². The van der Waals surface area contributed by atoms with Crippen molar-refractivity contribution in [1.29, 1.82) is 0 Å². The first-order valence-corrected chi connectivity index (χ1v) is 8.19. The highest BCUT2D eigenvalue weighted by Gasteiger charge is 2.16. The van der Waals surface area contributed by atoms with E-state index in [-0.39, 0.29) is 11.8 Å². The highest BCUT2D eigenvalue weighted by molar-refractivity contribution is 5.95. The Morgan fingerprint density at radius 2 is 1.91 bits per heavy atom. The van der Waals surface area contributed by atoms with E-state index < -0.39 is 0 Å². The molecule has 1 fully saturated rings. The van der Waals surface area contributed by atoms with E-state index in [2.05, 4.69) is 10.6 Å². The van der Waals surface area contributed by atoms with Gasteiger partial charge in [-0.05, 0) is 32.8 Å². The number of hydrogen-bond donors (Lipinski definition) is 2. The minimum Gasteiger partial charge on any atom is -0.353 e. The summed E-state index contributed by atoms with van der Waals surface area (Å²) in [4.78, 5) is 24.0. The highest BCUT2D eigenvalue weighted by Crippen LogP contribution is 2.17. The van der Waals surface area contributed by atoms with Crippen LogP contribution in [0.5, 0.6) is 0 Å². The number of carbonyl (C=O) groups excluding carboxylic acids is 2. The van der Waals surface area contributed by atoms with Crippen molar-refractivity contribution in [2.75, 3.05) is 6.54 Å². The fraction of sp³-hybridized carbons (Fsp3) is 0.647. The van der Waals surface area contributed by atoms with Gasteiger partial charge in [-0.2, -0.15) is 0 Å². The second-order valence-electron chi connectivity index (χ2n) is 6.25. The summed E-state index contributed by atoms with van der Waals surface area (Å²) in [6.45, 7) is 4.28. The molecule has 0 aromatic carbocycles. The summed E-state index contributed by atoms with van der Waals surface area (Å²) in [6.07, 6.45) is 6.19. The maximum atomic E-state index is 12.1. The molecule has 5 nitrogen and oxygen atoms in total. The zero-order valence-corrected chi connectivity index (χ0v) is 13.9. The Morgan fingerprint density at radius 3 is 2.50 bits per heavy atom. The number of aryl methyl sites for hydroxylation is 1. The van der Waals surface area contributed by atoms with Gasteiger partial charge in [-0.3, -0.25) is 9.59 Å². The number of hydrogen-bond acceptors (Lipinski definition) is 2. The van der Waals surface area contributed by atoms with Crippen LogP contribution in [-0.2, 0) is 11.8 Å². The Morgan fingerprint density at radius 1 is 1.23 bits per heavy atom. The van der Waals surface area contributed by atoms with Gasteiger partial charge in [-0.1, -0.05) is 19.3 Å². The number of nitrogens with one attached hydrogen (secondary N) is 2. The van der Waals surface area contributed by atoms with E-state index in [1.165, 1.54) is 19.3 Å². The van der Waals surface area contributed by atoms with Crippen LogP contribution in [0.4, 0.5) is 0 Å². The molecular formula is C17H27N3O2. The maximum absolute atomic E-state index is 12.1. The number of amides is 2. The van der Waals surface area contributed by atoms with Crippen LogP contribution in [0.2, 0.25) is 0 Å². The first-order chi connectivity index (χ1) is 10.5. The molecule has 2 N–H and O–H groups in total. The number of nitrogens with zero attached hydrogens (tertiary/aromatic N) is 1. The van der Waals surface area contributed by atoms with E-state index in [0.717, 1.165) is 24.2 Å². The van der Waals surface area contributed by atoms with Crippen LogP contribution in [0.15, 0.2) is 6.07 Å². The molecule has 22 heavy (non-hydrogen) atoms.